The van der Waals surface area contributed by atoms with Crippen molar-refractivity contribution in [2.24, 2.45) is 5.92 Å². The van der Waals surface area contributed by atoms with Gasteiger partial charge in [-0.05, 0) is 24.1 Å². The summed E-state index contributed by atoms with van der Waals surface area (Å²) in [6.07, 6.45) is 5.22. The van der Waals surface area contributed by atoms with E-state index in [4.69, 9.17) is 11.6 Å². The van der Waals surface area contributed by atoms with Crippen LogP contribution in [0.1, 0.15) is 56.3 Å². The molecule has 1 aromatic carbocycles. The van der Waals surface area contributed by atoms with Crippen LogP contribution in [0.5, 0.6) is 0 Å². The predicted molar refractivity (Wildman–Crippen MR) is 81.4 cm³/mol. The molecule has 0 heterocycles. The van der Waals surface area contributed by atoms with E-state index in [-0.39, 0.29) is 5.78 Å². The quantitative estimate of drug-likeness (QED) is 0.569. The number of rotatable bonds is 7. The van der Waals surface area contributed by atoms with Crippen LogP contribution in [0.4, 0.5) is 0 Å². The molecule has 1 unspecified atom stereocenters. The number of benzene rings is 1. The first kappa shape index (κ1) is 15.7. The van der Waals surface area contributed by atoms with Crippen LogP contribution in [0.3, 0.4) is 0 Å². The van der Waals surface area contributed by atoms with Gasteiger partial charge in [-0.2, -0.15) is 0 Å². The van der Waals surface area contributed by atoms with Gasteiger partial charge in [-0.3, -0.25) is 4.79 Å². The van der Waals surface area contributed by atoms with Crippen LogP contribution in [0.2, 0.25) is 5.02 Å². The normalized spacial score (nSPS) is 12.4. The highest BCUT2D eigenvalue weighted by atomic mass is 79.9. The van der Waals surface area contributed by atoms with Crippen LogP contribution in [0, 0.1) is 5.92 Å². The van der Waals surface area contributed by atoms with Gasteiger partial charge in [0, 0.05) is 21.5 Å². The molecule has 0 aliphatic carbocycles. The Bertz CT molecular complexity index is 383. The van der Waals surface area contributed by atoms with Crippen LogP contribution in [0.25, 0.3) is 0 Å². The van der Waals surface area contributed by atoms with Crippen LogP contribution < -0.4 is 0 Å². The lowest BCUT2D eigenvalue weighted by Crippen LogP contribution is -2.08. The maximum atomic E-state index is 12.2. The first-order chi connectivity index (χ1) is 8.56. The second-order valence-corrected chi connectivity index (χ2v) is 6.05. The summed E-state index contributed by atoms with van der Waals surface area (Å²) in [5, 5.41) is 0.606. The minimum Gasteiger partial charge on any atom is -0.294 e. The van der Waals surface area contributed by atoms with Crippen LogP contribution in [0.15, 0.2) is 22.7 Å². The summed E-state index contributed by atoms with van der Waals surface area (Å²) >= 11 is 9.34. The number of halogens is 2. The van der Waals surface area contributed by atoms with Gasteiger partial charge < -0.3 is 0 Å². The SMILES string of the molecule is CCCCC(CC)CC(=O)c1cc(Cl)cc(Br)c1. The molecule has 0 fully saturated rings. The minimum atomic E-state index is 0.196. The maximum absolute atomic E-state index is 12.2. The fourth-order valence-electron chi connectivity index (χ4n) is 2.04. The van der Waals surface area contributed by atoms with Crippen molar-refractivity contribution < 1.29 is 4.79 Å². The Kier molecular flexibility index (Phi) is 6.95. The summed E-state index contributed by atoms with van der Waals surface area (Å²) in [6.45, 7) is 4.34. The third-order valence-electron chi connectivity index (χ3n) is 3.20. The summed E-state index contributed by atoms with van der Waals surface area (Å²) in [7, 11) is 0. The van der Waals surface area contributed by atoms with Crippen LogP contribution >= 0.6 is 27.5 Å². The lowest BCUT2D eigenvalue weighted by atomic mass is 9.91. The molecule has 0 amide bonds. The maximum Gasteiger partial charge on any atom is 0.163 e. The molecule has 0 N–H and O–H groups in total. The monoisotopic (exact) mass is 330 g/mol. The molecule has 0 saturated heterocycles. The molecule has 1 aromatic rings. The molecule has 0 radical (unpaired) electrons. The van der Waals surface area contributed by atoms with Crippen molar-refractivity contribution in [3.63, 3.8) is 0 Å². The van der Waals surface area contributed by atoms with E-state index in [2.05, 4.69) is 29.8 Å². The van der Waals surface area contributed by atoms with Gasteiger partial charge in [0.05, 0.1) is 0 Å². The average Bonchev–Trinajstić information content (AvgIpc) is 2.32. The molecule has 0 aliphatic rings. The Morgan fingerprint density at radius 1 is 1.33 bits per heavy atom. The molecule has 18 heavy (non-hydrogen) atoms. The zero-order valence-corrected chi connectivity index (χ0v) is 13.4. The predicted octanol–water partition coefficient (Wildman–Crippen LogP) is 5.89. The molecular weight excluding hydrogens is 312 g/mol. The number of carbonyl (C=O) groups excluding carboxylic acids is 1. The first-order valence-electron chi connectivity index (χ1n) is 6.56. The largest absolute Gasteiger partial charge is 0.294 e. The summed E-state index contributed by atoms with van der Waals surface area (Å²) in [4.78, 5) is 12.2. The molecule has 1 rings (SSSR count). The van der Waals surface area contributed by atoms with Crippen LogP contribution in [-0.2, 0) is 0 Å². The Morgan fingerprint density at radius 2 is 2.06 bits per heavy atom. The topological polar surface area (TPSA) is 17.1 Å². The highest BCUT2D eigenvalue weighted by molar-refractivity contribution is 9.10. The van der Waals surface area contributed by atoms with E-state index in [1.807, 2.05) is 6.07 Å². The van der Waals surface area contributed by atoms with Gasteiger partial charge in [0.15, 0.2) is 5.78 Å². The highest BCUT2D eigenvalue weighted by Gasteiger charge is 2.14. The van der Waals surface area contributed by atoms with Gasteiger partial charge in [-0.15, -0.1) is 0 Å². The molecule has 0 aliphatic heterocycles. The van der Waals surface area contributed by atoms with Crippen molar-refractivity contribution in [2.45, 2.75) is 46.0 Å². The summed E-state index contributed by atoms with van der Waals surface area (Å²) < 4.78 is 0.861. The van der Waals surface area contributed by atoms with E-state index in [0.29, 0.717) is 22.9 Å². The number of carbonyl (C=O) groups is 1. The van der Waals surface area contributed by atoms with E-state index < -0.39 is 0 Å². The zero-order chi connectivity index (χ0) is 13.5. The van der Waals surface area contributed by atoms with Crippen molar-refractivity contribution >= 4 is 33.3 Å². The number of ketones is 1. The molecule has 0 spiro atoms. The summed E-state index contributed by atoms with van der Waals surface area (Å²) in [5.41, 5.74) is 0.712. The number of unbranched alkanes of at least 4 members (excludes halogenated alkanes) is 1. The number of Topliss-reactive ketones (excluding diaryl/α,β-unsaturated/α-hetero) is 1. The average molecular weight is 332 g/mol. The number of hydrogen-bond donors (Lipinski definition) is 0. The minimum absolute atomic E-state index is 0.196. The third kappa shape index (κ3) is 5.11. The zero-order valence-electron chi connectivity index (χ0n) is 11.0. The standard InChI is InChI=1S/C15H20BrClO/c1-3-5-6-11(4-2)7-15(18)12-8-13(16)10-14(17)9-12/h8-11H,3-7H2,1-2H3. The molecule has 100 valence electrons. The van der Waals surface area contributed by atoms with Crippen LogP contribution in [-0.4, -0.2) is 5.78 Å². The van der Waals surface area contributed by atoms with E-state index in [9.17, 15) is 4.79 Å². The Morgan fingerprint density at radius 3 is 2.61 bits per heavy atom. The highest BCUT2D eigenvalue weighted by Crippen LogP contribution is 2.24. The van der Waals surface area contributed by atoms with Crippen molar-refractivity contribution in [3.05, 3.63) is 33.3 Å². The Hall–Kier alpha value is -0.340. The van der Waals surface area contributed by atoms with Crippen molar-refractivity contribution in [1.29, 1.82) is 0 Å². The van der Waals surface area contributed by atoms with Crippen molar-refractivity contribution in [3.8, 4) is 0 Å². The van der Waals surface area contributed by atoms with E-state index >= 15 is 0 Å². The van der Waals surface area contributed by atoms with Gasteiger partial charge in [0.25, 0.3) is 0 Å². The fraction of sp³-hybridized carbons (Fsp3) is 0.533. The molecule has 0 bridgehead atoms. The van der Waals surface area contributed by atoms with Crippen molar-refractivity contribution in [1.82, 2.24) is 0 Å². The Labute approximate surface area is 123 Å². The molecule has 1 nitrogen and oxygen atoms in total. The van der Waals surface area contributed by atoms with E-state index in [1.54, 1.807) is 12.1 Å². The second kappa shape index (κ2) is 7.96. The molecule has 0 saturated carbocycles. The lowest BCUT2D eigenvalue weighted by Gasteiger charge is -2.13. The van der Waals surface area contributed by atoms with Gasteiger partial charge in [-0.25, -0.2) is 0 Å². The van der Waals surface area contributed by atoms with E-state index in [1.165, 1.54) is 12.8 Å². The fourth-order valence-corrected chi connectivity index (χ4v) is 2.90. The van der Waals surface area contributed by atoms with Gasteiger partial charge in [-0.1, -0.05) is 67.1 Å². The molecule has 3 heteroatoms. The molecule has 1 atom stereocenters. The summed E-state index contributed by atoms with van der Waals surface area (Å²) in [6, 6.07) is 5.40. The summed E-state index contributed by atoms with van der Waals surface area (Å²) in [5.74, 6) is 0.691. The lowest BCUT2D eigenvalue weighted by molar-refractivity contribution is 0.0957. The van der Waals surface area contributed by atoms with E-state index in [0.717, 1.165) is 17.3 Å². The first-order valence-corrected chi connectivity index (χ1v) is 7.73. The smallest absolute Gasteiger partial charge is 0.163 e. The van der Waals surface area contributed by atoms with Crippen molar-refractivity contribution in [2.75, 3.05) is 0 Å². The molecule has 0 aromatic heterocycles. The van der Waals surface area contributed by atoms with Gasteiger partial charge >= 0.3 is 0 Å². The van der Waals surface area contributed by atoms with Gasteiger partial charge in [0.1, 0.15) is 0 Å². The van der Waals surface area contributed by atoms with Gasteiger partial charge in [0.2, 0.25) is 0 Å². The number of hydrogen-bond acceptors (Lipinski definition) is 1. The second-order valence-electron chi connectivity index (χ2n) is 4.70. The Balaban J connectivity index is 2.68. The third-order valence-corrected chi connectivity index (χ3v) is 3.88. The molecular formula is C15H20BrClO.